The Kier molecular flexibility index (Phi) is 3.95. The van der Waals surface area contributed by atoms with Crippen molar-refractivity contribution in [2.24, 2.45) is 7.05 Å². The summed E-state index contributed by atoms with van der Waals surface area (Å²) in [7, 11) is 1.76. The Hall–Kier alpha value is -1.75. The van der Waals surface area contributed by atoms with Crippen molar-refractivity contribution in [1.29, 1.82) is 0 Å². The molecule has 1 aromatic carbocycles. The SMILES string of the molecule is CCNC(c1c(F)ccc(C)c1F)c1ccnn1C. The Balaban J connectivity index is 2.57. The molecule has 0 radical (unpaired) electrons. The highest BCUT2D eigenvalue weighted by atomic mass is 19.1. The predicted octanol–water partition coefficient (Wildman–Crippen LogP) is 2.71. The van der Waals surface area contributed by atoms with E-state index in [-0.39, 0.29) is 5.56 Å². The van der Waals surface area contributed by atoms with E-state index in [2.05, 4.69) is 10.4 Å². The summed E-state index contributed by atoms with van der Waals surface area (Å²) in [6.45, 7) is 4.13. The quantitative estimate of drug-likeness (QED) is 0.921. The van der Waals surface area contributed by atoms with Gasteiger partial charge in [0.15, 0.2) is 0 Å². The molecule has 102 valence electrons. The molecule has 0 saturated carbocycles. The van der Waals surface area contributed by atoms with E-state index < -0.39 is 17.7 Å². The highest BCUT2D eigenvalue weighted by molar-refractivity contribution is 5.34. The third-order valence-corrected chi connectivity index (χ3v) is 3.17. The highest BCUT2D eigenvalue weighted by Crippen LogP contribution is 2.28. The number of aryl methyl sites for hydroxylation is 2. The Morgan fingerprint density at radius 1 is 1.32 bits per heavy atom. The number of benzene rings is 1. The summed E-state index contributed by atoms with van der Waals surface area (Å²) in [4.78, 5) is 0. The molecule has 0 aliphatic carbocycles. The van der Waals surface area contributed by atoms with E-state index in [1.54, 1.807) is 30.9 Å². The number of hydrogen-bond donors (Lipinski definition) is 1. The molecular formula is C14H17F2N3. The average Bonchev–Trinajstić information content (AvgIpc) is 2.79. The van der Waals surface area contributed by atoms with E-state index in [9.17, 15) is 8.78 Å². The molecule has 0 amide bonds. The molecule has 1 heterocycles. The molecule has 1 N–H and O–H groups in total. The van der Waals surface area contributed by atoms with Crippen molar-refractivity contribution in [1.82, 2.24) is 15.1 Å². The van der Waals surface area contributed by atoms with Gasteiger partial charge in [0.25, 0.3) is 0 Å². The van der Waals surface area contributed by atoms with Gasteiger partial charge in [0.05, 0.1) is 11.7 Å². The number of rotatable bonds is 4. The summed E-state index contributed by atoms with van der Waals surface area (Å²) in [5.74, 6) is -1.05. The molecule has 2 aromatic rings. The second-order valence-electron chi connectivity index (χ2n) is 4.46. The molecule has 0 bridgehead atoms. The second kappa shape index (κ2) is 5.48. The molecule has 2 rings (SSSR count). The molecule has 0 spiro atoms. The molecule has 0 aliphatic heterocycles. The molecule has 3 nitrogen and oxygen atoms in total. The highest BCUT2D eigenvalue weighted by Gasteiger charge is 2.24. The topological polar surface area (TPSA) is 29.9 Å². The van der Waals surface area contributed by atoms with Crippen LogP contribution in [0.2, 0.25) is 0 Å². The smallest absolute Gasteiger partial charge is 0.134 e. The van der Waals surface area contributed by atoms with Crippen LogP contribution in [0.3, 0.4) is 0 Å². The molecule has 1 unspecified atom stereocenters. The molecule has 5 heteroatoms. The van der Waals surface area contributed by atoms with Crippen molar-refractivity contribution in [3.05, 3.63) is 52.9 Å². The van der Waals surface area contributed by atoms with Gasteiger partial charge in [-0.1, -0.05) is 13.0 Å². The fourth-order valence-electron chi connectivity index (χ4n) is 2.17. The van der Waals surface area contributed by atoms with Crippen molar-refractivity contribution < 1.29 is 8.78 Å². The maximum absolute atomic E-state index is 14.2. The second-order valence-corrected chi connectivity index (χ2v) is 4.46. The lowest BCUT2D eigenvalue weighted by Gasteiger charge is -2.20. The van der Waals surface area contributed by atoms with Crippen molar-refractivity contribution >= 4 is 0 Å². The summed E-state index contributed by atoms with van der Waals surface area (Å²) in [6.07, 6.45) is 1.62. The van der Waals surface area contributed by atoms with Gasteiger partial charge in [-0.15, -0.1) is 0 Å². The van der Waals surface area contributed by atoms with Crippen LogP contribution >= 0.6 is 0 Å². The zero-order chi connectivity index (χ0) is 14.0. The Morgan fingerprint density at radius 2 is 2.05 bits per heavy atom. The van der Waals surface area contributed by atoms with Crippen molar-refractivity contribution in [3.8, 4) is 0 Å². The Morgan fingerprint density at radius 3 is 2.63 bits per heavy atom. The lowest BCUT2D eigenvalue weighted by Crippen LogP contribution is -2.26. The summed E-state index contributed by atoms with van der Waals surface area (Å²) < 4.78 is 29.9. The molecule has 19 heavy (non-hydrogen) atoms. The van der Waals surface area contributed by atoms with Gasteiger partial charge in [-0.2, -0.15) is 5.10 Å². The minimum Gasteiger partial charge on any atom is -0.305 e. The van der Waals surface area contributed by atoms with Gasteiger partial charge < -0.3 is 5.32 Å². The third-order valence-electron chi connectivity index (χ3n) is 3.17. The van der Waals surface area contributed by atoms with Crippen LogP contribution < -0.4 is 5.32 Å². The van der Waals surface area contributed by atoms with E-state index in [1.807, 2.05) is 6.92 Å². The van der Waals surface area contributed by atoms with Crippen LogP contribution in [0.4, 0.5) is 8.78 Å². The molecule has 1 aromatic heterocycles. The zero-order valence-corrected chi connectivity index (χ0v) is 11.2. The molecule has 0 fully saturated rings. The maximum Gasteiger partial charge on any atom is 0.134 e. The normalized spacial score (nSPS) is 12.7. The van der Waals surface area contributed by atoms with Gasteiger partial charge in [-0.05, 0) is 31.2 Å². The van der Waals surface area contributed by atoms with Crippen LogP contribution in [0, 0.1) is 18.6 Å². The van der Waals surface area contributed by atoms with Crippen LogP contribution in [0.5, 0.6) is 0 Å². The first-order valence-electron chi connectivity index (χ1n) is 6.22. The van der Waals surface area contributed by atoms with E-state index in [0.717, 1.165) is 5.69 Å². The first kappa shape index (κ1) is 13.7. The predicted molar refractivity (Wildman–Crippen MR) is 69.8 cm³/mol. The number of aromatic nitrogens is 2. The fourth-order valence-corrected chi connectivity index (χ4v) is 2.17. The van der Waals surface area contributed by atoms with Crippen LogP contribution in [0.25, 0.3) is 0 Å². The van der Waals surface area contributed by atoms with Crippen molar-refractivity contribution in [2.75, 3.05) is 6.54 Å². The van der Waals surface area contributed by atoms with Crippen molar-refractivity contribution in [2.45, 2.75) is 19.9 Å². The van der Waals surface area contributed by atoms with E-state index in [0.29, 0.717) is 12.1 Å². The standard InChI is InChI=1S/C14H17F2N3/c1-4-17-14(11-7-8-18-19(11)3)12-10(15)6-5-9(2)13(12)16/h5-8,14,17H,4H2,1-3H3. The summed E-state index contributed by atoms with van der Waals surface area (Å²) in [5, 5.41) is 7.17. The zero-order valence-electron chi connectivity index (χ0n) is 11.2. The minimum absolute atomic E-state index is 0.0467. The van der Waals surface area contributed by atoms with Gasteiger partial charge in [0.2, 0.25) is 0 Å². The lowest BCUT2D eigenvalue weighted by atomic mass is 9.99. The molecule has 0 saturated heterocycles. The first-order valence-corrected chi connectivity index (χ1v) is 6.22. The number of nitrogens with zero attached hydrogens (tertiary/aromatic N) is 2. The number of halogens is 2. The molecular weight excluding hydrogens is 248 g/mol. The fraction of sp³-hybridized carbons (Fsp3) is 0.357. The summed E-state index contributed by atoms with van der Waals surface area (Å²) in [6, 6.07) is 3.96. The van der Waals surface area contributed by atoms with E-state index in [1.165, 1.54) is 12.1 Å². The lowest BCUT2D eigenvalue weighted by molar-refractivity contribution is 0.490. The Bertz CT molecular complexity index is 578. The Labute approximate surface area is 111 Å². The van der Waals surface area contributed by atoms with Gasteiger partial charge >= 0.3 is 0 Å². The molecule has 1 atom stereocenters. The van der Waals surface area contributed by atoms with Gasteiger partial charge in [-0.3, -0.25) is 4.68 Å². The molecule has 0 aliphatic rings. The van der Waals surface area contributed by atoms with Crippen LogP contribution in [0.1, 0.15) is 29.8 Å². The van der Waals surface area contributed by atoms with Gasteiger partial charge in [0, 0.05) is 18.8 Å². The largest absolute Gasteiger partial charge is 0.305 e. The van der Waals surface area contributed by atoms with Crippen LogP contribution in [0.15, 0.2) is 24.4 Å². The summed E-state index contributed by atoms with van der Waals surface area (Å²) in [5.41, 5.74) is 1.21. The summed E-state index contributed by atoms with van der Waals surface area (Å²) >= 11 is 0. The monoisotopic (exact) mass is 265 g/mol. The van der Waals surface area contributed by atoms with Crippen molar-refractivity contribution in [3.63, 3.8) is 0 Å². The van der Waals surface area contributed by atoms with Crippen LogP contribution in [-0.2, 0) is 7.05 Å². The number of nitrogens with one attached hydrogen (secondary N) is 1. The van der Waals surface area contributed by atoms with Gasteiger partial charge in [-0.25, -0.2) is 8.78 Å². The van der Waals surface area contributed by atoms with Crippen LogP contribution in [-0.4, -0.2) is 16.3 Å². The van der Waals surface area contributed by atoms with Gasteiger partial charge in [0.1, 0.15) is 11.6 Å². The third kappa shape index (κ3) is 2.51. The van der Waals surface area contributed by atoms with E-state index in [4.69, 9.17) is 0 Å². The number of hydrogen-bond acceptors (Lipinski definition) is 2. The first-order chi connectivity index (χ1) is 9.06. The maximum atomic E-state index is 14.2. The van der Waals surface area contributed by atoms with E-state index >= 15 is 0 Å². The average molecular weight is 265 g/mol. The minimum atomic E-state index is -0.546.